The van der Waals surface area contributed by atoms with Crippen molar-refractivity contribution in [3.8, 4) is 5.75 Å². The molecule has 4 nitrogen and oxygen atoms in total. The molecule has 0 radical (unpaired) electrons. The Morgan fingerprint density at radius 2 is 2.04 bits per heavy atom. The number of halogens is 1. The number of rotatable bonds is 6. The number of aromatic hydroxyl groups is 1. The quantitative estimate of drug-likeness (QED) is 0.827. The van der Waals surface area contributed by atoms with E-state index in [9.17, 15) is 14.3 Å². The van der Waals surface area contributed by atoms with Crippen molar-refractivity contribution in [2.24, 2.45) is 0 Å². The number of hydrogen-bond donors (Lipinski definition) is 1. The highest BCUT2D eigenvalue weighted by Gasteiger charge is 2.24. The van der Waals surface area contributed by atoms with E-state index in [2.05, 4.69) is 4.98 Å². The molecule has 24 heavy (non-hydrogen) atoms. The van der Waals surface area contributed by atoms with Crippen molar-refractivity contribution in [3.05, 3.63) is 53.2 Å². The summed E-state index contributed by atoms with van der Waals surface area (Å²) in [5.41, 5.74) is 2.31. The summed E-state index contributed by atoms with van der Waals surface area (Å²) in [4.78, 5) is 17.6. The lowest BCUT2D eigenvalue weighted by Crippen LogP contribution is -2.22. The zero-order valence-electron chi connectivity index (χ0n) is 13.5. The van der Waals surface area contributed by atoms with E-state index in [1.807, 2.05) is 23.1 Å². The topological polar surface area (TPSA) is 53.4 Å². The van der Waals surface area contributed by atoms with Gasteiger partial charge in [0.25, 0.3) is 0 Å². The highest BCUT2D eigenvalue weighted by atomic mass is 19.1. The minimum absolute atomic E-state index is 0.0237. The number of nitrogens with zero attached hydrogens (tertiary/aromatic N) is 2. The molecule has 126 valence electrons. The Balaban J connectivity index is 1.68. The van der Waals surface area contributed by atoms with Crippen LogP contribution in [0.3, 0.4) is 0 Å². The van der Waals surface area contributed by atoms with E-state index in [0.717, 1.165) is 29.8 Å². The van der Waals surface area contributed by atoms with Crippen LogP contribution < -0.4 is 4.90 Å². The predicted octanol–water partition coefficient (Wildman–Crippen LogP) is 3.32. The third-order valence-corrected chi connectivity index (χ3v) is 4.48. The summed E-state index contributed by atoms with van der Waals surface area (Å²) in [6, 6.07) is 9.05. The van der Waals surface area contributed by atoms with Gasteiger partial charge in [-0.2, -0.15) is 0 Å². The van der Waals surface area contributed by atoms with Gasteiger partial charge in [0.15, 0.2) is 6.29 Å². The molecule has 1 aromatic carbocycles. The number of alkyl halides is 1. The maximum Gasteiger partial charge on any atom is 0.154 e. The van der Waals surface area contributed by atoms with Crippen molar-refractivity contribution < 1.29 is 14.3 Å². The van der Waals surface area contributed by atoms with Crippen molar-refractivity contribution in [2.45, 2.75) is 31.9 Å². The van der Waals surface area contributed by atoms with Crippen LogP contribution in [0.4, 0.5) is 10.2 Å². The van der Waals surface area contributed by atoms with Gasteiger partial charge in [-0.15, -0.1) is 0 Å². The molecule has 1 N–H and O–H groups in total. The second kappa shape index (κ2) is 7.43. The molecule has 0 bridgehead atoms. The normalized spacial score (nSPS) is 17.2. The van der Waals surface area contributed by atoms with Crippen molar-refractivity contribution in [1.29, 1.82) is 0 Å². The first-order valence-electron chi connectivity index (χ1n) is 8.28. The molecule has 1 aliphatic rings. The first-order valence-corrected chi connectivity index (χ1v) is 8.28. The molecule has 5 heteroatoms. The minimum Gasteiger partial charge on any atom is -0.507 e. The fourth-order valence-electron chi connectivity index (χ4n) is 3.24. The second-order valence-electron chi connectivity index (χ2n) is 6.14. The predicted molar refractivity (Wildman–Crippen MR) is 91.5 cm³/mol. The van der Waals surface area contributed by atoms with Crippen molar-refractivity contribution >= 4 is 12.1 Å². The highest BCUT2D eigenvalue weighted by Crippen LogP contribution is 2.25. The monoisotopic (exact) mass is 328 g/mol. The number of phenolic OH excluding ortho intramolecular Hbond substituents is 1. The number of hydrogen-bond acceptors (Lipinski definition) is 4. The zero-order chi connectivity index (χ0) is 16.9. The molecular weight excluding hydrogens is 307 g/mol. The van der Waals surface area contributed by atoms with E-state index in [0.29, 0.717) is 37.8 Å². The summed E-state index contributed by atoms with van der Waals surface area (Å²) >= 11 is 0. The van der Waals surface area contributed by atoms with Crippen LogP contribution in [0.2, 0.25) is 0 Å². The molecule has 1 atom stereocenters. The first-order chi connectivity index (χ1) is 11.7. The molecule has 2 heterocycles. The Morgan fingerprint density at radius 1 is 1.25 bits per heavy atom. The molecule has 0 aliphatic carbocycles. The number of phenols is 1. The molecule has 1 saturated heterocycles. The van der Waals surface area contributed by atoms with Crippen LogP contribution in [0, 0.1) is 0 Å². The Morgan fingerprint density at radius 3 is 2.79 bits per heavy atom. The van der Waals surface area contributed by atoms with Gasteiger partial charge in [-0.3, -0.25) is 4.79 Å². The van der Waals surface area contributed by atoms with Gasteiger partial charge < -0.3 is 10.0 Å². The van der Waals surface area contributed by atoms with E-state index >= 15 is 0 Å². The average Bonchev–Trinajstić information content (AvgIpc) is 3.02. The summed E-state index contributed by atoms with van der Waals surface area (Å²) < 4.78 is 13.5. The SMILES string of the molecule is O=Cc1c(O)cccc1CCCc1cccnc1N1CC[C@@H](F)C1. The summed E-state index contributed by atoms with van der Waals surface area (Å²) in [6.45, 7) is 1.11. The molecule has 0 amide bonds. The standard InChI is InChI=1S/C19H21FN2O2/c20-16-9-11-22(12-16)19-15(7-3-10-21-19)6-1-4-14-5-2-8-18(24)17(14)13-23/h2-3,5,7-8,10,13,16,24H,1,4,6,9,11-12H2/t16-/m1/s1. The van der Waals surface area contributed by atoms with Gasteiger partial charge >= 0.3 is 0 Å². The summed E-state index contributed by atoms with van der Waals surface area (Å²) in [6.07, 6.45) is 4.54. The minimum atomic E-state index is -0.776. The number of benzene rings is 1. The Hall–Kier alpha value is -2.43. The van der Waals surface area contributed by atoms with Crippen molar-refractivity contribution in [3.63, 3.8) is 0 Å². The van der Waals surface area contributed by atoms with Crippen LogP contribution in [0.15, 0.2) is 36.5 Å². The van der Waals surface area contributed by atoms with Crippen molar-refractivity contribution in [1.82, 2.24) is 4.98 Å². The Bertz CT molecular complexity index is 720. The maximum atomic E-state index is 13.5. The van der Waals surface area contributed by atoms with Crippen LogP contribution in [0.5, 0.6) is 5.75 Å². The smallest absolute Gasteiger partial charge is 0.154 e. The number of anilines is 1. The largest absolute Gasteiger partial charge is 0.507 e. The molecule has 1 aliphatic heterocycles. The summed E-state index contributed by atoms with van der Waals surface area (Å²) in [7, 11) is 0. The van der Waals surface area contributed by atoms with Crippen LogP contribution in [0.1, 0.15) is 34.3 Å². The van der Waals surface area contributed by atoms with Crippen LogP contribution in [-0.2, 0) is 12.8 Å². The van der Waals surface area contributed by atoms with Crippen LogP contribution in [0.25, 0.3) is 0 Å². The van der Waals surface area contributed by atoms with Crippen molar-refractivity contribution in [2.75, 3.05) is 18.0 Å². The van der Waals surface area contributed by atoms with Gasteiger partial charge in [-0.25, -0.2) is 9.37 Å². The van der Waals surface area contributed by atoms with E-state index in [1.165, 1.54) is 6.07 Å². The number of carbonyl (C=O) groups excluding carboxylic acids is 1. The summed E-state index contributed by atoms with van der Waals surface area (Å²) in [5.74, 6) is 0.889. The fourth-order valence-corrected chi connectivity index (χ4v) is 3.24. The van der Waals surface area contributed by atoms with E-state index < -0.39 is 6.17 Å². The third kappa shape index (κ3) is 3.55. The van der Waals surface area contributed by atoms with E-state index in [-0.39, 0.29) is 5.75 Å². The van der Waals surface area contributed by atoms with Gasteiger partial charge in [-0.05, 0) is 48.9 Å². The Kier molecular flexibility index (Phi) is 5.08. The molecule has 1 aromatic heterocycles. The molecule has 3 rings (SSSR count). The average molecular weight is 328 g/mol. The van der Waals surface area contributed by atoms with Gasteiger partial charge in [0.05, 0.1) is 12.1 Å². The number of carbonyl (C=O) groups is 1. The second-order valence-corrected chi connectivity index (χ2v) is 6.14. The van der Waals surface area contributed by atoms with Gasteiger partial charge in [0.2, 0.25) is 0 Å². The zero-order valence-corrected chi connectivity index (χ0v) is 13.5. The number of aldehydes is 1. The number of aryl methyl sites for hydroxylation is 2. The Labute approximate surface area is 141 Å². The lowest BCUT2D eigenvalue weighted by Gasteiger charge is -2.19. The molecule has 0 unspecified atom stereocenters. The number of aromatic nitrogens is 1. The molecule has 0 saturated carbocycles. The fraction of sp³-hybridized carbons (Fsp3) is 0.368. The molecule has 1 fully saturated rings. The summed E-state index contributed by atoms with van der Waals surface area (Å²) in [5, 5.41) is 9.74. The van der Waals surface area contributed by atoms with E-state index in [4.69, 9.17) is 0 Å². The van der Waals surface area contributed by atoms with Gasteiger partial charge in [-0.1, -0.05) is 18.2 Å². The third-order valence-electron chi connectivity index (χ3n) is 4.48. The molecule has 0 spiro atoms. The lowest BCUT2D eigenvalue weighted by atomic mass is 10.00. The first kappa shape index (κ1) is 16.4. The van der Waals surface area contributed by atoms with E-state index in [1.54, 1.807) is 12.3 Å². The number of pyridine rings is 1. The highest BCUT2D eigenvalue weighted by molar-refractivity contribution is 5.81. The lowest BCUT2D eigenvalue weighted by molar-refractivity contribution is 0.112. The molecular formula is C19H21FN2O2. The molecule has 2 aromatic rings. The van der Waals surface area contributed by atoms with Crippen LogP contribution >= 0.6 is 0 Å². The maximum absolute atomic E-state index is 13.5. The van der Waals surface area contributed by atoms with Gasteiger partial charge in [0.1, 0.15) is 17.7 Å². The van der Waals surface area contributed by atoms with Crippen LogP contribution in [-0.4, -0.2) is 35.6 Å². The van der Waals surface area contributed by atoms with Gasteiger partial charge in [0, 0.05) is 12.7 Å².